The molecule has 1 aromatic heterocycles. The van der Waals surface area contributed by atoms with E-state index in [1.807, 2.05) is 41.8 Å². The molecule has 5 rings (SSSR count). The van der Waals surface area contributed by atoms with E-state index in [4.69, 9.17) is 4.74 Å². The lowest BCUT2D eigenvalue weighted by atomic mass is 9.98. The van der Waals surface area contributed by atoms with Crippen LogP contribution in [0.25, 0.3) is 22.0 Å². The number of nitrogens with one attached hydrogen (secondary N) is 2. The lowest BCUT2D eigenvalue weighted by molar-refractivity contribution is -0.113. The number of benzene rings is 4. The molecule has 5 aromatic rings. The Morgan fingerprint density at radius 3 is 2.27 bits per heavy atom. The second-order valence-electron chi connectivity index (χ2n) is 8.60. The van der Waals surface area contributed by atoms with Gasteiger partial charge in [0.05, 0.1) is 24.1 Å². The Morgan fingerprint density at radius 2 is 1.60 bits per heavy atom. The second-order valence-corrected chi connectivity index (χ2v) is 10.5. The van der Waals surface area contributed by atoms with E-state index >= 15 is 0 Å². The lowest BCUT2D eigenvalue weighted by Gasteiger charge is -2.11. The lowest BCUT2D eigenvalue weighted by Crippen LogP contribution is -2.14. The van der Waals surface area contributed by atoms with Crippen LogP contribution in [0.4, 0.5) is 10.8 Å². The molecule has 1 heterocycles. The first-order valence-corrected chi connectivity index (χ1v) is 14.0. The van der Waals surface area contributed by atoms with Gasteiger partial charge in [-0.2, -0.15) is 0 Å². The maximum atomic E-state index is 13.0. The third-order valence-corrected chi connectivity index (χ3v) is 7.77. The van der Waals surface area contributed by atoms with Crippen LogP contribution in [0.3, 0.4) is 0 Å². The van der Waals surface area contributed by atoms with Crippen LogP contribution in [0, 0.1) is 0 Å². The van der Waals surface area contributed by atoms with Crippen molar-refractivity contribution < 1.29 is 24.2 Å². The molecule has 4 aromatic carbocycles. The SMILES string of the molecule is COc1ccc(-c2csc(NC(=O)CSc3ccc(NC(=O)c4cccc5cccc(C(=O)O)c45)cc3)n2)cc1. The van der Waals surface area contributed by atoms with Gasteiger partial charge in [0.15, 0.2) is 5.13 Å². The van der Waals surface area contributed by atoms with Gasteiger partial charge in [-0.15, -0.1) is 23.1 Å². The van der Waals surface area contributed by atoms with E-state index in [-0.39, 0.29) is 22.8 Å². The Kier molecular flexibility index (Phi) is 8.09. The summed E-state index contributed by atoms with van der Waals surface area (Å²) in [5.74, 6) is -0.723. The van der Waals surface area contributed by atoms with Gasteiger partial charge in [-0.25, -0.2) is 9.78 Å². The van der Waals surface area contributed by atoms with Gasteiger partial charge >= 0.3 is 5.97 Å². The topological polar surface area (TPSA) is 118 Å². The number of rotatable bonds is 9. The zero-order valence-electron chi connectivity index (χ0n) is 21.2. The van der Waals surface area contributed by atoms with E-state index in [0.717, 1.165) is 21.9 Å². The van der Waals surface area contributed by atoms with Crippen molar-refractivity contribution in [3.05, 3.63) is 101 Å². The molecule has 0 aliphatic carbocycles. The van der Waals surface area contributed by atoms with Crippen molar-refractivity contribution >= 4 is 62.5 Å². The van der Waals surface area contributed by atoms with Crippen LogP contribution in [-0.4, -0.2) is 40.7 Å². The number of carboxylic acids is 1. The van der Waals surface area contributed by atoms with Crippen LogP contribution in [0.15, 0.2) is 95.2 Å². The number of amides is 2. The van der Waals surface area contributed by atoms with E-state index < -0.39 is 11.9 Å². The van der Waals surface area contributed by atoms with Crippen LogP contribution in [-0.2, 0) is 4.79 Å². The number of carbonyl (C=O) groups is 3. The van der Waals surface area contributed by atoms with Crippen LogP contribution in [0.1, 0.15) is 20.7 Å². The van der Waals surface area contributed by atoms with Crippen molar-refractivity contribution in [1.82, 2.24) is 4.98 Å². The Bertz CT molecular complexity index is 1690. The van der Waals surface area contributed by atoms with Crippen molar-refractivity contribution in [1.29, 1.82) is 0 Å². The van der Waals surface area contributed by atoms with Crippen molar-refractivity contribution in [2.75, 3.05) is 23.5 Å². The van der Waals surface area contributed by atoms with Crippen molar-refractivity contribution in [2.24, 2.45) is 0 Å². The molecule has 0 bridgehead atoms. The molecule has 0 radical (unpaired) electrons. The quantitative estimate of drug-likeness (QED) is 0.170. The number of carboxylic acid groups (broad SMARTS) is 1. The average Bonchev–Trinajstić information content (AvgIpc) is 3.44. The first kappa shape index (κ1) is 26.9. The summed E-state index contributed by atoms with van der Waals surface area (Å²) in [5, 5.41) is 18.7. The number of nitrogens with zero attached hydrogens (tertiary/aromatic N) is 1. The first-order chi connectivity index (χ1) is 19.4. The van der Waals surface area contributed by atoms with Crippen LogP contribution in [0.2, 0.25) is 0 Å². The van der Waals surface area contributed by atoms with Crippen LogP contribution >= 0.6 is 23.1 Å². The number of methoxy groups -OCH3 is 1. The maximum absolute atomic E-state index is 13.0. The summed E-state index contributed by atoms with van der Waals surface area (Å²) in [6.45, 7) is 0. The smallest absolute Gasteiger partial charge is 0.336 e. The molecule has 2 amide bonds. The Labute approximate surface area is 238 Å². The van der Waals surface area contributed by atoms with E-state index in [9.17, 15) is 19.5 Å². The molecule has 200 valence electrons. The third-order valence-electron chi connectivity index (χ3n) is 6.00. The highest BCUT2D eigenvalue weighted by Crippen LogP contribution is 2.28. The average molecular weight is 570 g/mol. The minimum absolute atomic E-state index is 0.0722. The fourth-order valence-corrected chi connectivity index (χ4v) is 5.51. The molecule has 3 N–H and O–H groups in total. The summed E-state index contributed by atoms with van der Waals surface area (Å²) in [6.07, 6.45) is 0. The van der Waals surface area contributed by atoms with Crippen molar-refractivity contribution in [3.63, 3.8) is 0 Å². The molecule has 0 spiro atoms. The molecule has 10 heteroatoms. The second kappa shape index (κ2) is 12.0. The largest absolute Gasteiger partial charge is 0.497 e. The summed E-state index contributed by atoms with van der Waals surface area (Å²) < 4.78 is 5.18. The highest BCUT2D eigenvalue weighted by molar-refractivity contribution is 8.00. The molecule has 0 unspecified atom stereocenters. The summed E-state index contributed by atoms with van der Waals surface area (Å²) in [6, 6.07) is 24.7. The van der Waals surface area contributed by atoms with Gasteiger partial charge in [0, 0.05) is 32.5 Å². The zero-order chi connectivity index (χ0) is 28.1. The van der Waals surface area contributed by atoms with Gasteiger partial charge < -0.3 is 20.5 Å². The molecule has 0 aliphatic heterocycles. The number of ether oxygens (including phenoxy) is 1. The molecule has 8 nitrogen and oxygen atoms in total. The first-order valence-electron chi connectivity index (χ1n) is 12.1. The Balaban J connectivity index is 1.17. The van der Waals surface area contributed by atoms with Crippen LogP contribution in [0.5, 0.6) is 5.75 Å². The monoisotopic (exact) mass is 569 g/mol. The number of thiazole rings is 1. The normalized spacial score (nSPS) is 10.7. The minimum Gasteiger partial charge on any atom is -0.497 e. The van der Waals surface area contributed by atoms with Gasteiger partial charge in [-0.3, -0.25) is 9.59 Å². The van der Waals surface area contributed by atoms with Gasteiger partial charge in [0.1, 0.15) is 5.75 Å². The summed E-state index contributed by atoms with van der Waals surface area (Å²) in [5.41, 5.74) is 2.61. The van der Waals surface area contributed by atoms with Gasteiger partial charge in [-0.1, -0.05) is 24.3 Å². The van der Waals surface area contributed by atoms with Gasteiger partial charge in [0.25, 0.3) is 5.91 Å². The number of anilines is 2. The van der Waals surface area contributed by atoms with Gasteiger partial charge in [-0.05, 0) is 66.0 Å². The number of hydrogen-bond acceptors (Lipinski definition) is 7. The molecule has 0 saturated carbocycles. The highest BCUT2D eigenvalue weighted by atomic mass is 32.2. The van der Waals surface area contributed by atoms with Crippen molar-refractivity contribution in [2.45, 2.75) is 4.90 Å². The number of aromatic nitrogens is 1. The Hall–Kier alpha value is -4.67. The molecule has 0 aliphatic rings. The molecule has 0 atom stereocenters. The number of hydrogen-bond donors (Lipinski definition) is 3. The fraction of sp³-hybridized carbons (Fsp3) is 0.0667. The molecule has 0 fully saturated rings. The predicted molar refractivity (Wildman–Crippen MR) is 159 cm³/mol. The number of aromatic carboxylic acids is 1. The maximum Gasteiger partial charge on any atom is 0.336 e. The number of thioether (sulfide) groups is 1. The van der Waals surface area contributed by atoms with E-state index in [2.05, 4.69) is 15.6 Å². The van der Waals surface area contributed by atoms with E-state index in [0.29, 0.717) is 21.6 Å². The summed E-state index contributed by atoms with van der Waals surface area (Å²) in [7, 11) is 1.61. The van der Waals surface area contributed by atoms with Gasteiger partial charge in [0.2, 0.25) is 5.91 Å². The molecule has 0 saturated heterocycles. The number of carbonyl (C=O) groups excluding carboxylic acids is 2. The summed E-state index contributed by atoms with van der Waals surface area (Å²) in [4.78, 5) is 42.6. The minimum atomic E-state index is -1.09. The zero-order valence-corrected chi connectivity index (χ0v) is 22.8. The molecular formula is C30H23N3O5S2. The fourth-order valence-electron chi connectivity index (χ4n) is 4.07. The van der Waals surface area contributed by atoms with E-state index in [1.165, 1.54) is 29.2 Å². The molecular weight excluding hydrogens is 546 g/mol. The Morgan fingerprint density at radius 1 is 0.900 bits per heavy atom. The predicted octanol–water partition coefficient (Wildman–Crippen LogP) is 6.65. The highest BCUT2D eigenvalue weighted by Gasteiger charge is 2.17. The molecule has 40 heavy (non-hydrogen) atoms. The standard InChI is InChI=1S/C30H23N3O5S2/c1-38-21-12-8-18(9-13-21)25-16-40-30(32-25)33-26(34)17-39-22-14-10-20(11-15-22)31-28(35)23-6-2-4-19-5-3-7-24(27(19)23)29(36)37/h2-16H,17H2,1H3,(H,31,35)(H,36,37)(H,32,33,34). The van der Waals surface area contributed by atoms with E-state index in [1.54, 1.807) is 49.6 Å². The third kappa shape index (κ3) is 6.14. The van der Waals surface area contributed by atoms with Crippen LogP contribution < -0.4 is 15.4 Å². The summed E-state index contributed by atoms with van der Waals surface area (Å²) >= 11 is 2.72. The number of fused-ring (bicyclic) bond motifs is 1. The van der Waals surface area contributed by atoms with Crippen molar-refractivity contribution in [3.8, 4) is 17.0 Å².